The number of nitrogens with zero attached hydrogens (tertiary/aromatic N) is 6. The Kier molecular flexibility index (Phi) is 16.9. The van der Waals surface area contributed by atoms with Crippen LogP contribution in [0.5, 0.6) is 5.75 Å². The molecule has 25 heteroatoms. The number of phenols is 1. The summed E-state index contributed by atoms with van der Waals surface area (Å²) >= 11 is 1.12. The van der Waals surface area contributed by atoms with E-state index in [-0.39, 0.29) is 57.6 Å². The summed E-state index contributed by atoms with van der Waals surface area (Å²) in [5, 5.41) is 77.9. The zero-order valence-corrected chi connectivity index (χ0v) is 38.9. The molecular weight excluding hydrogens is 973 g/mol. The van der Waals surface area contributed by atoms with Gasteiger partial charge in [0.25, 0.3) is 16.0 Å². The van der Waals surface area contributed by atoms with Crippen LogP contribution in [0.1, 0.15) is 27.9 Å². The Labute approximate surface area is 405 Å². The van der Waals surface area contributed by atoms with Gasteiger partial charge in [0.15, 0.2) is 5.75 Å². The number of anilines is 2. The van der Waals surface area contributed by atoms with E-state index < -0.39 is 26.9 Å². The van der Waals surface area contributed by atoms with Crippen molar-refractivity contribution in [3.63, 3.8) is 0 Å². The normalized spacial score (nSPS) is 12.0. The summed E-state index contributed by atoms with van der Waals surface area (Å²) in [6.07, 6.45) is -0.130. The topological polar surface area (TPSA) is 314 Å². The first kappa shape index (κ1) is 50.6. The van der Waals surface area contributed by atoms with Gasteiger partial charge in [-0.2, -0.15) is 34.0 Å². The SMILES string of the molecule is Cc1cc(N=Nc2ccc(N=Nc3c(SOOO)cc4cc(NCOCCC(=O)O)ccc4c3O)cc2C)ccc1N=Nc1ccc(C(=O)Nc2ccc3cc(SOOO)cc(S(=O)(=O)O)c3c2)cc1. The number of aromatic hydroxyl groups is 1. The maximum Gasteiger partial charge on any atom is 0.305 e. The molecule has 0 saturated heterocycles. The summed E-state index contributed by atoms with van der Waals surface area (Å²) < 4.78 is 48.5. The molecule has 0 aliphatic rings. The number of carboxylic acid groups (broad SMARTS) is 1. The van der Waals surface area contributed by atoms with Crippen molar-refractivity contribution in [2.75, 3.05) is 24.0 Å². The zero-order valence-electron chi connectivity index (χ0n) is 36.4. The highest BCUT2D eigenvalue weighted by molar-refractivity contribution is 7.95. The number of nitrogens with one attached hydrogen (secondary N) is 2. The van der Waals surface area contributed by atoms with Crippen molar-refractivity contribution >= 4 is 113 Å². The van der Waals surface area contributed by atoms with E-state index in [1.165, 1.54) is 12.1 Å². The van der Waals surface area contributed by atoms with Crippen LogP contribution < -0.4 is 10.6 Å². The van der Waals surface area contributed by atoms with Crippen LogP contribution in [0.2, 0.25) is 0 Å². The van der Waals surface area contributed by atoms with Gasteiger partial charge in [0, 0.05) is 32.6 Å². The number of benzene rings is 7. The fourth-order valence-electron chi connectivity index (χ4n) is 6.57. The molecule has 1 amide bonds. The molecule has 0 spiro atoms. The lowest BCUT2D eigenvalue weighted by atomic mass is 10.1. The van der Waals surface area contributed by atoms with Gasteiger partial charge in [0.2, 0.25) is 0 Å². The van der Waals surface area contributed by atoms with Gasteiger partial charge >= 0.3 is 5.97 Å². The van der Waals surface area contributed by atoms with Crippen molar-refractivity contribution < 1.29 is 66.8 Å². The van der Waals surface area contributed by atoms with Crippen molar-refractivity contribution in [3.05, 3.63) is 132 Å². The molecule has 0 bridgehead atoms. The number of carbonyl (C=O) groups excluding carboxylic acids is 1. The van der Waals surface area contributed by atoms with Crippen LogP contribution in [0.25, 0.3) is 21.5 Å². The average molecular weight is 1010 g/mol. The molecule has 0 atom stereocenters. The van der Waals surface area contributed by atoms with Crippen molar-refractivity contribution in [3.8, 4) is 5.75 Å². The van der Waals surface area contributed by atoms with Crippen LogP contribution in [-0.4, -0.2) is 58.9 Å². The Bertz CT molecular complexity index is 3290. The number of phenolic OH excluding ortho intramolecular Hbond substituents is 1. The van der Waals surface area contributed by atoms with Crippen LogP contribution in [0.3, 0.4) is 0 Å². The molecule has 0 fully saturated rings. The van der Waals surface area contributed by atoms with Crippen LogP contribution in [0.15, 0.2) is 161 Å². The van der Waals surface area contributed by atoms with Gasteiger partial charge in [-0.05, 0) is 145 Å². The highest BCUT2D eigenvalue weighted by Gasteiger charge is 2.19. The number of azo groups is 3. The zero-order chi connectivity index (χ0) is 49.8. The average Bonchev–Trinajstić information content (AvgIpc) is 3.33. The largest absolute Gasteiger partial charge is 0.505 e. The van der Waals surface area contributed by atoms with E-state index in [0.29, 0.717) is 74.4 Å². The molecule has 0 aliphatic heterocycles. The monoisotopic (exact) mass is 1010 g/mol. The molecule has 0 aliphatic carbocycles. The molecule has 0 saturated carbocycles. The number of carboxylic acids is 1. The molecule has 0 unspecified atom stereocenters. The lowest BCUT2D eigenvalue weighted by Crippen LogP contribution is -2.11. The van der Waals surface area contributed by atoms with E-state index in [1.54, 1.807) is 97.1 Å². The summed E-state index contributed by atoms with van der Waals surface area (Å²) in [6, 6.07) is 30.6. The number of hydrogen-bond acceptors (Lipinski definition) is 21. The molecule has 22 nitrogen and oxygen atoms in total. The molecular formula is C45H38N8O14S3. The number of aryl methyl sites for hydroxylation is 2. The second-order valence-corrected chi connectivity index (χ2v) is 17.6. The lowest BCUT2D eigenvalue weighted by molar-refractivity contribution is -0.432. The molecule has 7 aromatic rings. The van der Waals surface area contributed by atoms with Gasteiger partial charge in [-0.3, -0.25) is 14.1 Å². The Morgan fingerprint density at radius 3 is 1.93 bits per heavy atom. The van der Waals surface area contributed by atoms with E-state index in [0.717, 1.165) is 17.2 Å². The second-order valence-electron chi connectivity index (χ2n) is 14.7. The fourth-order valence-corrected chi connectivity index (χ4v) is 8.32. The van der Waals surface area contributed by atoms with E-state index in [2.05, 4.69) is 60.1 Å². The van der Waals surface area contributed by atoms with Gasteiger partial charge in [-0.15, -0.1) is 13.8 Å². The first-order chi connectivity index (χ1) is 33.7. The minimum atomic E-state index is -4.69. The molecule has 0 aromatic heterocycles. The van der Waals surface area contributed by atoms with Gasteiger partial charge < -0.3 is 25.6 Å². The van der Waals surface area contributed by atoms with Crippen LogP contribution in [0, 0.1) is 13.8 Å². The Morgan fingerprint density at radius 1 is 0.657 bits per heavy atom. The number of carbonyl (C=O) groups is 2. The second kappa shape index (κ2) is 23.4. The minimum absolute atomic E-state index is 0.0378. The number of amides is 1. The Morgan fingerprint density at radius 2 is 1.29 bits per heavy atom. The summed E-state index contributed by atoms with van der Waals surface area (Å²) in [7, 11) is -4.69. The van der Waals surface area contributed by atoms with E-state index in [4.69, 9.17) is 20.4 Å². The third-order valence-corrected chi connectivity index (χ3v) is 12.0. The highest BCUT2D eigenvalue weighted by atomic mass is 32.2. The molecule has 0 radical (unpaired) electrons. The van der Waals surface area contributed by atoms with Crippen molar-refractivity contribution in [1.29, 1.82) is 0 Å². The highest BCUT2D eigenvalue weighted by Crippen LogP contribution is 2.45. The third-order valence-electron chi connectivity index (χ3n) is 9.93. The molecule has 7 N–H and O–H groups in total. The van der Waals surface area contributed by atoms with Gasteiger partial charge in [0.05, 0.1) is 70.4 Å². The van der Waals surface area contributed by atoms with Crippen molar-refractivity contribution in [2.24, 2.45) is 30.7 Å². The lowest BCUT2D eigenvalue weighted by Gasteiger charge is -2.12. The van der Waals surface area contributed by atoms with Gasteiger partial charge in [0.1, 0.15) is 17.3 Å². The predicted octanol–water partition coefficient (Wildman–Crippen LogP) is 12.8. The Balaban J connectivity index is 0.971. The molecule has 360 valence electrons. The minimum Gasteiger partial charge on any atom is -0.505 e. The van der Waals surface area contributed by atoms with Crippen molar-refractivity contribution in [2.45, 2.75) is 35.0 Å². The summed E-state index contributed by atoms with van der Waals surface area (Å²) in [5.41, 5.74) is 5.31. The van der Waals surface area contributed by atoms with Crippen molar-refractivity contribution in [1.82, 2.24) is 0 Å². The van der Waals surface area contributed by atoms with Crippen LogP contribution in [-0.2, 0) is 38.4 Å². The first-order valence-electron chi connectivity index (χ1n) is 20.2. The van der Waals surface area contributed by atoms with Gasteiger partial charge in [-0.1, -0.05) is 16.1 Å². The van der Waals surface area contributed by atoms with E-state index >= 15 is 0 Å². The van der Waals surface area contributed by atoms with Crippen LogP contribution >= 0.6 is 24.1 Å². The quantitative estimate of drug-likeness (QED) is 0.00669. The standard InChI is InChI=1S/C45H38N8O14S3/c1-25-17-33(10-13-38(25)51-48-30-6-3-27(4-7-30)45(57)47-32-8-5-28-20-35(68-66-64-58)23-41(37(28)22-32)70(60,61)62)49-52-39-14-11-34(18-26(39)2)50-53-43-40(69-67-65-59)21-29-19-31(9-12-36(29)44(43)56)46-24-63-16-15-42(54)55/h3-14,17-23,46,56,58-59H,15-16,24H2,1-2H3,(H,47,57)(H,54,55)(H,60,61,62). The molecule has 0 heterocycles. The van der Waals surface area contributed by atoms with E-state index in [1.807, 2.05) is 13.8 Å². The van der Waals surface area contributed by atoms with Gasteiger partial charge in [-0.25, -0.2) is 10.5 Å². The molecule has 7 aromatic carbocycles. The summed E-state index contributed by atoms with van der Waals surface area (Å²) in [4.78, 5) is 23.8. The number of rotatable bonds is 21. The maximum absolute atomic E-state index is 13.1. The molecule has 70 heavy (non-hydrogen) atoms. The third kappa shape index (κ3) is 13.3. The number of ether oxygens (including phenoxy) is 1. The predicted molar refractivity (Wildman–Crippen MR) is 257 cm³/mol. The summed E-state index contributed by atoms with van der Waals surface area (Å²) in [5.74, 6) is -1.66. The smallest absolute Gasteiger partial charge is 0.305 e. The van der Waals surface area contributed by atoms with E-state index in [9.17, 15) is 27.7 Å². The Hall–Kier alpha value is -7.27. The fraction of sp³-hybridized carbons (Fsp3) is 0.111. The first-order valence-corrected chi connectivity index (χ1v) is 23.2. The van der Waals surface area contributed by atoms with Crippen LogP contribution in [0.4, 0.5) is 45.5 Å². The molecule has 7 rings (SSSR count). The number of hydrogen-bond donors (Lipinski definition) is 7. The number of aliphatic carboxylic acids is 1. The number of fused-ring (bicyclic) bond motifs is 2. The summed E-state index contributed by atoms with van der Waals surface area (Å²) in [6.45, 7) is 3.77. The maximum atomic E-state index is 13.1.